The van der Waals surface area contributed by atoms with Crippen LogP contribution >= 0.6 is 23.4 Å². The molecule has 4 heterocycles. The van der Waals surface area contributed by atoms with Gasteiger partial charge >= 0.3 is 18.0 Å². The number of nitrogens with zero attached hydrogens (tertiary/aromatic N) is 5. The number of pyridine rings is 1. The molecule has 6 rings (SSSR count). The first-order chi connectivity index (χ1) is 22.9. The van der Waals surface area contributed by atoms with Crippen LogP contribution in [0.3, 0.4) is 0 Å². The summed E-state index contributed by atoms with van der Waals surface area (Å²) in [4.78, 5) is 38.8. The maximum Gasteiger partial charge on any atom is 0.417 e. The van der Waals surface area contributed by atoms with E-state index >= 15 is 17.6 Å². The molecule has 3 atom stereocenters. The summed E-state index contributed by atoms with van der Waals surface area (Å²) in [7, 11) is 0. The molecule has 4 aromatic rings. The van der Waals surface area contributed by atoms with Gasteiger partial charge < -0.3 is 9.64 Å². The van der Waals surface area contributed by atoms with E-state index in [1.54, 1.807) is 68.9 Å². The number of alkyl halides is 3. The molecule has 0 bridgehead atoms. The molecule has 0 unspecified atom stereocenters. The zero-order valence-corrected chi connectivity index (χ0v) is 28.8. The molecule has 15 heteroatoms. The van der Waals surface area contributed by atoms with E-state index in [0.29, 0.717) is 6.07 Å². The van der Waals surface area contributed by atoms with Gasteiger partial charge in [-0.05, 0) is 64.4 Å². The van der Waals surface area contributed by atoms with Gasteiger partial charge in [-0.25, -0.2) is 18.4 Å². The van der Waals surface area contributed by atoms with Gasteiger partial charge in [0.15, 0.2) is 0 Å². The van der Waals surface area contributed by atoms with Gasteiger partial charge in [-0.1, -0.05) is 11.6 Å². The van der Waals surface area contributed by atoms with E-state index in [9.17, 15) is 14.0 Å². The first-order valence-corrected chi connectivity index (χ1v) is 16.9. The predicted molar refractivity (Wildman–Crippen MR) is 178 cm³/mol. The van der Waals surface area contributed by atoms with Crippen molar-refractivity contribution < 1.29 is 31.5 Å². The third kappa shape index (κ3) is 6.69. The van der Waals surface area contributed by atoms with Crippen LogP contribution in [0.15, 0.2) is 52.4 Å². The second-order valence-corrected chi connectivity index (χ2v) is 14.8. The molecule has 0 N–H and O–H groups in total. The van der Waals surface area contributed by atoms with Crippen LogP contribution in [-0.4, -0.2) is 62.1 Å². The Kier molecular flexibility index (Phi) is 9.10. The zero-order chi connectivity index (χ0) is 35.6. The van der Waals surface area contributed by atoms with Crippen LogP contribution in [0.4, 0.5) is 32.6 Å². The van der Waals surface area contributed by atoms with Crippen molar-refractivity contribution in [2.45, 2.75) is 75.8 Å². The minimum Gasteiger partial charge on any atom is -0.444 e. The fourth-order valence-corrected chi connectivity index (χ4v) is 8.16. The standard InChI is InChI=1S/C34H33ClF5N5O3S/c1-17-13-43(14-18(2)45(17)32(47)48-33(3,4)5)30-22-10-23(34(38,39)40)27(21-11-24(35)26(37)12-25(21)36)29-28(22)44(31(46)42-30)15-20(16-49-29)19-6-8-41-9-7-19/h6-12,17-18,20H,13-16H2,1-5H3/t17-,18+,20-/m1/s1. The van der Waals surface area contributed by atoms with Crippen molar-refractivity contribution in [1.82, 2.24) is 19.4 Å². The zero-order valence-electron chi connectivity index (χ0n) is 27.2. The van der Waals surface area contributed by atoms with Crippen LogP contribution in [0.2, 0.25) is 5.02 Å². The lowest BCUT2D eigenvalue weighted by atomic mass is 9.95. The number of anilines is 1. The average molecular weight is 722 g/mol. The average Bonchev–Trinajstić information content (AvgIpc) is 3.21. The number of aromatic nitrogens is 3. The van der Waals surface area contributed by atoms with Gasteiger partial charge in [0.25, 0.3) is 0 Å². The minimum absolute atomic E-state index is 0.00260. The second-order valence-electron chi connectivity index (χ2n) is 13.4. The SMILES string of the molecule is C[C@@H]1CN(c2nc(=O)n3c4c(c(-c5cc(Cl)c(F)cc5F)c(C(F)(F)F)cc24)SC[C@H](c2ccncc2)C3)C[C@H](C)N1C(=O)OC(C)(C)C. The molecule has 0 spiro atoms. The third-order valence-electron chi connectivity index (χ3n) is 8.62. The molecule has 1 saturated heterocycles. The first-order valence-electron chi connectivity index (χ1n) is 15.6. The topological polar surface area (TPSA) is 80.6 Å². The molecule has 0 radical (unpaired) electrons. The summed E-state index contributed by atoms with van der Waals surface area (Å²) in [6.45, 7) is 9.17. The molecule has 2 aromatic carbocycles. The van der Waals surface area contributed by atoms with Crippen molar-refractivity contribution in [2.75, 3.05) is 23.7 Å². The van der Waals surface area contributed by atoms with Gasteiger partial charge in [0.05, 0.1) is 28.2 Å². The van der Waals surface area contributed by atoms with Gasteiger partial charge in [0, 0.05) is 71.2 Å². The minimum atomic E-state index is -5.00. The largest absolute Gasteiger partial charge is 0.444 e. The number of piperazine rings is 1. The highest BCUT2D eigenvalue weighted by Gasteiger charge is 2.41. The van der Waals surface area contributed by atoms with E-state index in [2.05, 4.69) is 9.97 Å². The number of hydrogen-bond donors (Lipinski definition) is 0. The summed E-state index contributed by atoms with van der Waals surface area (Å²) in [5.74, 6) is -2.47. The number of carbonyl (C=O) groups excluding carboxylic acids is 1. The Morgan fingerprint density at radius 3 is 2.27 bits per heavy atom. The van der Waals surface area contributed by atoms with Crippen molar-refractivity contribution in [3.05, 3.63) is 81.0 Å². The van der Waals surface area contributed by atoms with E-state index in [1.807, 2.05) is 0 Å². The number of ether oxygens (including phenoxy) is 1. The van der Waals surface area contributed by atoms with Crippen molar-refractivity contribution in [1.29, 1.82) is 0 Å². The van der Waals surface area contributed by atoms with E-state index < -0.39 is 69.0 Å². The lowest BCUT2D eigenvalue weighted by molar-refractivity contribution is -0.137. The summed E-state index contributed by atoms with van der Waals surface area (Å²) in [5.41, 5.74) is -2.78. The molecular weight excluding hydrogens is 689 g/mol. The molecule has 49 heavy (non-hydrogen) atoms. The van der Waals surface area contributed by atoms with Gasteiger partial charge in [-0.3, -0.25) is 14.5 Å². The Hall–Kier alpha value is -3.91. The van der Waals surface area contributed by atoms with Crippen LogP contribution in [0, 0.1) is 11.6 Å². The molecule has 0 aliphatic carbocycles. The Balaban J connectivity index is 1.60. The smallest absolute Gasteiger partial charge is 0.417 e. The summed E-state index contributed by atoms with van der Waals surface area (Å²) in [6, 6.07) is 4.78. The fourth-order valence-electron chi connectivity index (χ4n) is 6.61. The summed E-state index contributed by atoms with van der Waals surface area (Å²) >= 11 is 7.05. The monoisotopic (exact) mass is 721 g/mol. The molecule has 2 aliphatic rings. The molecule has 1 amide bonds. The summed E-state index contributed by atoms with van der Waals surface area (Å²) in [6.07, 6.45) is -2.37. The molecule has 0 saturated carbocycles. The molecule has 2 aromatic heterocycles. The van der Waals surface area contributed by atoms with E-state index in [1.165, 1.54) is 4.57 Å². The van der Waals surface area contributed by atoms with Gasteiger partial charge in [0.1, 0.15) is 23.1 Å². The van der Waals surface area contributed by atoms with Crippen molar-refractivity contribution in [3.8, 4) is 11.1 Å². The maximum atomic E-state index is 15.5. The number of benzene rings is 2. The molecule has 2 aliphatic heterocycles. The number of thioether (sulfide) groups is 1. The summed E-state index contributed by atoms with van der Waals surface area (Å²) < 4.78 is 82.0. The lowest BCUT2D eigenvalue weighted by Crippen LogP contribution is -2.59. The quantitative estimate of drug-likeness (QED) is 0.156. The first kappa shape index (κ1) is 34.9. The Morgan fingerprint density at radius 1 is 1.00 bits per heavy atom. The molecule has 1 fully saturated rings. The van der Waals surface area contributed by atoms with Crippen molar-refractivity contribution >= 4 is 46.2 Å². The van der Waals surface area contributed by atoms with Crippen LogP contribution in [0.25, 0.3) is 22.0 Å². The predicted octanol–water partition coefficient (Wildman–Crippen LogP) is 8.13. The number of rotatable bonds is 3. The van der Waals surface area contributed by atoms with Gasteiger partial charge in [-0.2, -0.15) is 18.2 Å². The molecular formula is C34H33ClF5N5O3S. The maximum absolute atomic E-state index is 15.5. The van der Waals surface area contributed by atoms with Crippen LogP contribution < -0.4 is 10.6 Å². The highest BCUT2D eigenvalue weighted by Crippen LogP contribution is 2.50. The highest BCUT2D eigenvalue weighted by atomic mass is 35.5. The second kappa shape index (κ2) is 12.8. The van der Waals surface area contributed by atoms with Crippen LogP contribution in [-0.2, 0) is 17.5 Å². The molecule has 8 nitrogen and oxygen atoms in total. The fraction of sp³-hybridized carbons (Fsp3) is 0.412. The lowest BCUT2D eigenvalue weighted by Gasteiger charge is -2.45. The normalized spacial score (nSPS) is 20.0. The van der Waals surface area contributed by atoms with Crippen molar-refractivity contribution in [3.63, 3.8) is 0 Å². The van der Waals surface area contributed by atoms with E-state index in [4.69, 9.17) is 16.3 Å². The third-order valence-corrected chi connectivity index (χ3v) is 10.2. The van der Waals surface area contributed by atoms with Gasteiger partial charge in [-0.15, -0.1) is 11.8 Å². The van der Waals surface area contributed by atoms with E-state index in [0.717, 1.165) is 29.5 Å². The Labute approximate surface area is 288 Å². The van der Waals surface area contributed by atoms with Crippen LogP contribution in [0.1, 0.15) is 51.7 Å². The van der Waals surface area contributed by atoms with E-state index in [-0.39, 0.29) is 52.9 Å². The van der Waals surface area contributed by atoms with Crippen LogP contribution in [0.5, 0.6) is 0 Å². The number of carbonyl (C=O) groups is 1. The van der Waals surface area contributed by atoms with Gasteiger partial charge in [0.2, 0.25) is 0 Å². The number of halogens is 6. The highest BCUT2D eigenvalue weighted by molar-refractivity contribution is 7.99. The summed E-state index contributed by atoms with van der Waals surface area (Å²) in [5, 5.41) is -0.518. The Bertz CT molecular complexity index is 1990. The van der Waals surface area contributed by atoms with Crippen molar-refractivity contribution in [2.24, 2.45) is 0 Å². The molecule has 260 valence electrons. The number of amides is 1. The Morgan fingerprint density at radius 2 is 1.65 bits per heavy atom. The number of hydrogen-bond acceptors (Lipinski definition) is 7.